The van der Waals surface area contributed by atoms with Crippen LogP contribution in [0.3, 0.4) is 0 Å². The number of hydrogen-bond donors (Lipinski definition) is 2. The molecular formula is C22H28N2OS. The van der Waals surface area contributed by atoms with Crippen LogP contribution in [0.25, 0.3) is 0 Å². The number of hydrogen-bond acceptors (Lipinski definition) is 2. The van der Waals surface area contributed by atoms with Gasteiger partial charge in [-0.25, -0.2) is 0 Å². The molecule has 4 heteroatoms. The molecule has 2 aromatic rings. The smallest absolute Gasteiger partial charge is 0.233 e. The Hall–Kier alpha value is -2.20. The maximum Gasteiger partial charge on any atom is 0.233 e. The number of benzene rings is 2. The van der Waals surface area contributed by atoms with Crippen molar-refractivity contribution < 1.29 is 4.79 Å². The zero-order valence-electron chi connectivity index (χ0n) is 16.2. The first-order valence-electron chi connectivity index (χ1n) is 9.04. The summed E-state index contributed by atoms with van der Waals surface area (Å²) in [6, 6.07) is 14.3. The quantitative estimate of drug-likeness (QED) is 0.720. The second kappa shape index (κ2) is 8.95. The van der Waals surface area contributed by atoms with Gasteiger partial charge in [0, 0.05) is 5.69 Å². The monoisotopic (exact) mass is 368 g/mol. The van der Waals surface area contributed by atoms with Gasteiger partial charge in [-0.05, 0) is 68.1 Å². The van der Waals surface area contributed by atoms with E-state index in [0.717, 1.165) is 23.2 Å². The van der Waals surface area contributed by atoms with E-state index in [4.69, 9.17) is 12.2 Å². The highest BCUT2D eigenvalue weighted by Crippen LogP contribution is 2.19. The Labute approximate surface area is 162 Å². The van der Waals surface area contributed by atoms with Crippen LogP contribution in [-0.4, -0.2) is 11.0 Å². The Morgan fingerprint density at radius 3 is 2.27 bits per heavy atom. The lowest BCUT2D eigenvalue weighted by Gasteiger charge is -2.16. The SMILES string of the molecule is Cc1ccc(NC(=S)NC(=O)C(C)c2ccc(CC(C)C)cc2)c(C)c1. The summed E-state index contributed by atoms with van der Waals surface area (Å²) in [7, 11) is 0. The van der Waals surface area contributed by atoms with Gasteiger partial charge in [0.05, 0.1) is 5.92 Å². The van der Waals surface area contributed by atoms with Crippen LogP contribution in [0.2, 0.25) is 0 Å². The zero-order chi connectivity index (χ0) is 19.3. The van der Waals surface area contributed by atoms with Gasteiger partial charge in [-0.1, -0.05) is 55.8 Å². The maximum absolute atomic E-state index is 12.5. The van der Waals surface area contributed by atoms with Gasteiger partial charge in [0.25, 0.3) is 0 Å². The van der Waals surface area contributed by atoms with Gasteiger partial charge in [0.15, 0.2) is 5.11 Å². The number of thiocarbonyl (C=S) groups is 1. The summed E-state index contributed by atoms with van der Waals surface area (Å²) in [5.41, 5.74) is 5.48. The van der Waals surface area contributed by atoms with E-state index in [0.29, 0.717) is 11.0 Å². The van der Waals surface area contributed by atoms with Crippen LogP contribution >= 0.6 is 12.2 Å². The summed E-state index contributed by atoms with van der Waals surface area (Å²) in [6.45, 7) is 10.4. The average molecular weight is 369 g/mol. The highest BCUT2D eigenvalue weighted by molar-refractivity contribution is 7.80. The van der Waals surface area contributed by atoms with Gasteiger partial charge >= 0.3 is 0 Å². The topological polar surface area (TPSA) is 41.1 Å². The number of nitrogens with one attached hydrogen (secondary N) is 2. The molecule has 0 aromatic heterocycles. The summed E-state index contributed by atoms with van der Waals surface area (Å²) in [5, 5.41) is 6.23. The lowest BCUT2D eigenvalue weighted by molar-refractivity contribution is -0.120. The summed E-state index contributed by atoms with van der Waals surface area (Å²) in [6.07, 6.45) is 1.05. The van der Waals surface area contributed by atoms with Crippen LogP contribution in [0.5, 0.6) is 0 Å². The van der Waals surface area contributed by atoms with E-state index in [2.05, 4.69) is 42.7 Å². The van der Waals surface area contributed by atoms with Crippen molar-refractivity contribution in [3.63, 3.8) is 0 Å². The van der Waals surface area contributed by atoms with Crippen molar-refractivity contribution in [2.45, 2.75) is 47.0 Å². The van der Waals surface area contributed by atoms with Crippen molar-refractivity contribution in [3.05, 3.63) is 64.7 Å². The highest BCUT2D eigenvalue weighted by Gasteiger charge is 2.16. The maximum atomic E-state index is 12.5. The molecule has 1 amide bonds. The van der Waals surface area contributed by atoms with Crippen molar-refractivity contribution >= 4 is 28.9 Å². The third kappa shape index (κ3) is 5.67. The number of amides is 1. The molecule has 0 aliphatic heterocycles. The third-order valence-corrected chi connectivity index (χ3v) is 4.59. The minimum absolute atomic E-state index is 0.108. The lowest BCUT2D eigenvalue weighted by Crippen LogP contribution is -2.36. The lowest BCUT2D eigenvalue weighted by atomic mass is 9.96. The molecule has 1 unspecified atom stereocenters. The first kappa shape index (κ1) is 20.1. The zero-order valence-corrected chi connectivity index (χ0v) is 17.0. The Kier molecular flexibility index (Phi) is 6.92. The Balaban J connectivity index is 1.96. The summed E-state index contributed by atoms with van der Waals surface area (Å²) in [5.74, 6) is 0.251. The number of carbonyl (C=O) groups excluding carboxylic acids is 1. The van der Waals surface area contributed by atoms with Crippen LogP contribution < -0.4 is 10.6 Å². The third-order valence-electron chi connectivity index (χ3n) is 4.38. The van der Waals surface area contributed by atoms with Gasteiger partial charge in [-0.15, -0.1) is 0 Å². The summed E-state index contributed by atoms with van der Waals surface area (Å²) in [4.78, 5) is 12.5. The van der Waals surface area contributed by atoms with E-state index >= 15 is 0 Å². The van der Waals surface area contributed by atoms with Crippen LogP contribution in [0.1, 0.15) is 48.9 Å². The van der Waals surface area contributed by atoms with Crippen molar-refractivity contribution in [2.75, 3.05) is 5.32 Å². The van der Waals surface area contributed by atoms with E-state index in [1.54, 1.807) is 0 Å². The molecule has 0 fully saturated rings. The molecule has 0 saturated heterocycles. The molecule has 26 heavy (non-hydrogen) atoms. The molecule has 0 spiro atoms. The van der Waals surface area contributed by atoms with Crippen LogP contribution in [0.4, 0.5) is 5.69 Å². The first-order chi connectivity index (χ1) is 12.3. The van der Waals surface area contributed by atoms with Gasteiger partial charge < -0.3 is 10.6 Å². The molecular weight excluding hydrogens is 340 g/mol. The number of rotatable bonds is 5. The summed E-state index contributed by atoms with van der Waals surface area (Å²) < 4.78 is 0. The molecule has 138 valence electrons. The second-order valence-corrected chi connectivity index (χ2v) is 7.73. The molecule has 0 aliphatic carbocycles. The molecule has 2 rings (SSSR count). The molecule has 0 saturated carbocycles. The first-order valence-corrected chi connectivity index (χ1v) is 9.45. The average Bonchev–Trinajstić information content (AvgIpc) is 2.57. The van der Waals surface area contributed by atoms with Crippen LogP contribution in [0, 0.1) is 19.8 Å². The molecule has 1 atom stereocenters. The van der Waals surface area contributed by atoms with Gasteiger partial charge in [0.2, 0.25) is 5.91 Å². The molecule has 0 heterocycles. The minimum Gasteiger partial charge on any atom is -0.332 e. The van der Waals surface area contributed by atoms with Gasteiger partial charge in [-0.3, -0.25) is 4.79 Å². The van der Waals surface area contributed by atoms with Crippen LogP contribution in [0.15, 0.2) is 42.5 Å². The van der Waals surface area contributed by atoms with Gasteiger partial charge in [-0.2, -0.15) is 0 Å². The van der Waals surface area contributed by atoms with E-state index in [1.165, 1.54) is 11.1 Å². The van der Waals surface area contributed by atoms with E-state index in [1.807, 2.05) is 45.0 Å². The fourth-order valence-electron chi connectivity index (χ4n) is 2.89. The Morgan fingerprint density at radius 2 is 1.69 bits per heavy atom. The normalized spacial score (nSPS) is 11.9. The van der Waals surface area contributed by atoms with E-state index in [-0.39, 0.29) is 11.8 Å². The van der Waals surface area contributed by atoms with E-state index < -0.39 is 0 Å². The standard InChI is InChI=1S/C22H28N2OS/c1-14(2)12-18-7-9-19(10-8-18)17(5)21(25)24-22(26)23-20-11-6-15(3)13-16(20)4/h6-11,13-14,17H,12H2,1-5H3,(H2,23,24,25,26). The van der Waals surface area contributed by atoms with Crippen molar-refractivity contribution in [2.24, 2.45) is 5.92 Å². The fraction of sp³-hybridized carbons (Fsp3) is 0.364. The highest BCUT2D eigenvalue weighted by atomic mass is 32.1. The molecule has 0 aliphatic rings. The van der Waals surface area contributed by atoms with Crippen molar-refractivity contribution in [1.82, 2.24) is 5.32 Å². The van der Waals surface area contributed by atoms with Crippen molar-refractivity contribution in [3.8, 4) is 0 Å². The summed E-state index contributed by atoms with van der Waals surface area (Å²) >= 11 is 5.30. The number of aryl methyl sites for hydroxylation is 2. The molecule has 2 aromatic carbocycles. The Bertz CT molecular complexity index is 781. The molecule has 3 nitrogen and oxygen atoms in total. The predicted octanol–water partition coefficient (Wildman–Crippen LogP) is 5.12. The molecule has 0 bridgehead atoms. The largest absolute Gasteiger partial charge is 0.332 e. The predicted molar refractivity (Wildman–Crippen MR) is 114 cm³/mol. The molecule has 0 radical (unpaired) electrons. The number of carbonyl (C=O) groups is 1. The van der Waals surface area contributed by atoms with Crippen molar-refractivity contribution in [1.29, 1.82) is 0 Å². The fourth-order valence-corrected chi connectivity index (χ4v) is 3.10. The van der Waals surface area contributed by atoms with Crippen LogP contribution in [-0.2, 0) is 11.2 Å². The second-order valence-electron chi connectivity index (χ2n) is 7.32. The molecule has 2 N–H and O–H groups in total. The number of anilines is 1. The van der Waals surface area contributed by atoms with E-state index in [9.17, 15) is 4.79 Å². The minimum atomic E-state index is -0.262. The van der Waals surface area contributed by atoms with Gasteiger partial charge in [0.1, 0.15) is 0 Å². The Morgan fingerprint density at radius 1 is 1.04 bits per heavy atom.